The molecule has 2 rings (SSSR count). The maximum atomic E-state index is 6.13. The van der Waals surface area contributed by atoms with Gasteiger partial charge >= 0.3 is 0 Å². The van der Waals surface area contributed by atoms with E-state index in [0.29, 0.717) is 22.6 Å². The Morgan fingerprint density at radius 1 is 1.14 bits per heavy atom. The largest absolute Gasteiger partial charge is 0.357 e. The van der Waals surface area contributed by atoms with Crippen molar-refractivity contribution in [2.45, 2.75) is 27.3 Å². The number of aliphatic imine (C=N–C) groups is 1. The minimum Gasteiger partial charge on any atom is -0.357 e. The van der Waals surface area contributed by atoms with Crippen molar-refractivity contribution in [1.29, 1.82) is 0 Å². The molecular formula is C19H35Cl2IN6. The number of hydrogen-bond donors (Lipinski definition) is 2. The zero-order valence-corrected chi connectivity index (χ0v) is 21.3. The van der Waals surface area contributed by atoms with Crippen LogP contribution in [-0.2, 0) is 13.6 Å². The van der Waals surface area contributed by atoms with Gasteiger partial charge in [-0.3, -0.25) is 0 Å². The van der Waals surface area contributed by atoms with Gasteiger partial charge in [-0.05, 0) is 25.5 Å². The monoisotopic (exact) mass is 544 g/mol. The van der Waals surface area contributed by atoms with Crippen molar-refractivity contribution in [1.82, 2.24) is 25.0 Å². The maximum Gasteiger partial charge on any atom is 0.191 e. The average Bonchev–Trinajstić information content (AvgIpc) is 2.91. The Morgan fingerprint density at radius 2 is 1.79 bits per heavy atom. The molecular weight excluding hydrogens is 510 g/mol. The van der Waals surface area contributed by atoms with Gasteiger partial charge in [0.2, 0.25) is 0 Å². The van der Waals surface area contributed by atoms with Crippen LogP contribution in [0.3, 0.4) is 0 Å². The quantitative estimate of drug-likeness (QED) is 0.299. The zero-order chi connectivity index (χ0) is 19.8. The summed E-state index contributed by atoms with van der Waals surface area (Å²) in [4.78, 5) is 9.75. The third kappa shape index (κ3) is 7.89. The van der Waals surface area contributed by atoms with E-state index in [1.54, 1.807) is 0 Å². The number of rotatable bonds is 8. The number of hydrogen-bond acceptors (Lipinski definition) is 3. The molecule has 1 fully saturated rings. The van der Waals surface area contributed by atoms with Crippen molar-refractivity contribution in [2.75, 3.05) is 52.4 Å². The van der Waals surface area contributed by atoms with Crippen molar-refractivity contribution in [3.05, 3.63) is 21.9 Å². The summed E-state index contributed by atoms with van der Waals surface area (Å²) in [6.07, 6.45) is 0. The number of likely N-dealkylation sites (N-methyl/N-ethyl adjacent to an activating group) is 1. The number of nitrogens with one attached hydrogen (secondary N) is 2. The van der Waals surface area contributed by atoms with Crippen LogP contribution in [0.4, 0.5) is 0 Å². The normalized spacial score (nSPS) is 17.3. The minimum absolute atomic E-state index is 0. The lowest BCUT2D eigenvalue weighted by atomic mass is 10.1. The van der Waals surface area contributed by atoms with Gasteiger partial charge in [-0.1, -0.05) is 37.0 Å². The van der Waals surface area contributed by atoms with Crippen LogP contribution in [0.25, 0.3) is 0 Å². The van der Waals surface area contributed by atoms with E-state index in [4.69, 9.17) is 23.2 Å². The molecule has 2 N–H and O–H groups in total. The maximum absolute atomic E-state index is 6.13. The van der Waals surface area contributed by atoms with Crippen LogP contribution in [0.5, 0.6) is 0 Å². The van der Waals surface area contributed by atoms with E-state index in [1.807, 2.05) is 17.7 Å². The van der Waals surface area contributed by atoms with Crippen LogP contribution in [0, 0.1) is 5.92 Å². The van der Waals surface area contributed by atoms with Crippen LogP contribution >= 0.6 is 47.2 Å². The Bertz CT molecular complexity index is 614. The van der Waals surface area contributed by atoms with Crippen molar-refractivity contribution in [3.8, 4) is 0 Å². The SMILES string of the molecule is CCNC(=NCc1cc(Cl)c(Cl)n1C)NCC(C)CN1CCN(CC)CC1.I. The van der Waals surface area contributed by atoms with Gasteiger partial charge in [0.05, 0.1) is 11.6 Å². The van der Waals surface area contributed by atoms with Gasteiger partial charge in [-0.25, -0.2) is 4.99 Å². The molecule has 9 heteroatoms. The molecule has 1 aromatic heterocycles. The molecule has 1 aromatic rings. The Morgan fingerprint density at radius 3 is 2.32 bits per heavy atom. The second kappa shape index (κ2) is 13.2. The smallest absolute Gasteiger partial charge is 0.191 e. The van der Waals surface area contributed by atoms with Crippen molar-refractivity contribution in [3.63, 3.8) is 0 Å². The first-order valence-electron chi connectivity index (χ1n) is 9.91. The van der Waals surface area contributed by atoms with Crippen LogP contribution in [-0.4, -0.2) is 72.7 Å². The molecule has 0 bridgehead atoms. The number of piperazine rings is 1. The average molecular weight is 545 g/mol. The van der Waals surface area contributed by atoms with Gasteiger partial charge in [-0.2, -0.15) is 0 Å². The predicted molar refractivity (Wildman–Crippen MR) is 131 cm³/mol. The summed E-state index contributed by atoms with van der Waals surface area (Å²) in [6.45, 7) is 15.8. The highest BCUT2D eigenvalue weighted by molar-refractivity contribution is 14.0. The Labute approximate surface area is 197 Å². The molecule has 0 aliphatic carbocycles. The summed E-state index contributed by atoms with van der Waals surface area (Å²) in [5.74, 6) is 1.38. The standard InChI is InChI=1S/C19H34Cl2N6.HI/c1-5-22-19(24-13-16-11-17(20)18(21)25(16)4)23-12-15(3)14-27-9-7-26(6-2)8-10-27;/h11,15H,5-10,12-14H2,1-4H3,(H2,22,23,24);1H. The third-order valence-corrected chi connectivity index (χ3v) is 5.90. The van der Waals surface area contributed by atoms with E-state index < -0.39 is 0 Å². The van der Waals surface area contributed by atoms with E-state index in [0.717, 1.165) is 37.8 Å². The third-order valence-electron chi connectivity index (χ3n) is 5.06. The van der Waals surface area contributed by atoms with Gasteiger partial charge in [0.15, 0.2) is 5.96 Å². The number of guanidine groups is 1. The highest BCUT2D eigenvalue weighted by Gasteiger charge is 2.17. The molecule has 0 saturated carbocycles. The molecule has 1 aliphatic heterocycles. The summed E-state index contributed by atoms with van der Waals surface area (Å²) in [5, 5.41) is 7.90. The van der Waals surface area contributed by atoms with Crippen molar-refractivity contribution >= 4 is 53.1 Å². The molecule has 1 saturated heterocycles. The molecule has 0 spiro atoms. The molecule has 1 atom stereocenters. The van der Waals surface area contributed by atoms with Gasteiger partial charge in [-0.15, -0.1) is 24.0 Å². The zero-order valence-electron chi connectivity index (χ0n) is 17.5. The Balaban J connectivity index is 0.00000392. The highest BCUT2D eigenvalue weighted by Crippen LogP contribution is 2.25. The lowest BCUT2D eigenvalue weighted by molar-refractivity contribution is 0.124. The van der Waals surface area contributed by atoms with E-state index >= 15 is 0 Å². The van der Waals surface area contributed by atoms with Crippen LogP contribution in [0.2, 0.25) is 10.2 Å². The van der Waals surface area contributed by atoms with Crippen LogP contribution in [0.1, 0.15) is 26.5 Å². The topological polar surface area (TPSA) is 47.8 Å². The van der Waals surface area contributed by atoms with Crippen molar-refractivity contribution in [2.24, 2.45) is 18.0 Å². The molecule has 0 radical (unpaired) electrons. The molecule has 0 aromatic carbocycles. The fourth-order valence-electron chi connectivity index (χ4n) is 3.31. The first-order valence-corrected chi connectivity index (χ1v) is 10.7. The number of aromatic nitrogens is 1. The van der Waals surface area contributed by atoms with Gasteiger partial charge in [0, 0.05) is 58.6 Å². The second-order valence-electron chi connectivity index (χ2n) is 7.25. The molecule has 162 valence electrons. The summed E-state index contributed by atoms with van der Waals surface area (Å²) >= 11 is 12.2. The van der Waals surface area contributed by atoms with E-state index in [-0.39, 0.29) is 24.0 Å². The molecule has 1 aliphatic rings. The summed E-state index contributed by atoms with van der Waals surface area (Å²) < 4.78 is 1.87. The molecule has 6 nitrogen and oxygen atoms in total. The first kappa shape index (κ1) is 25.8. The second-order valence-corrected chi connectivity index (χ2v) is 8.01. The van der Waals surface area contributed by atoms with Crippen molar-refractivity contribution < 1.29 is 0 Å². The lowest BCUT2D eigenvalue weighted by Crippen LogP contribution is -2.48. The molecule has 1 unspecified atom stereocenters. The fraction of sp³-hybridized carbons (Fsp3) is 0.737. The van der Waals surface area contributed by atoms with E-state index in [2.05, 4.69) is 46.2 Å². The predicted octanol–water partition coefficient (Wildman–Crippen LogP) is 3.28. The van der Waals surface area contributed by atoms with Crippen LogP contribution in [0.15, 0.2) is 11.1 Å². The Kier molecular flexibility index (Phi) is 12.1. The van der Waals surface area contributed by atoms with Crippen LogP contribution < -0.4 is 10.6 Å². The lowest BCUT2D eigenvalue weighted by Gasteiger charge is -2.35. The summed E-state index contributed by atoms with van der Waals surface area (Å²) in [5.41, 5.74) is 0.990. The van der Waals surface area contributed by atoms with E-state index in [9.17, 15) is 0 Å². The van der Waals surface area contributed by atoms with Gasteiger partial charge in [0.25, 0.3) is 0 Å². The minimum atomic E-state index is 0. The fourth-order valence-corrected chi connectivity index (χ4v) is 3.72. The van der Waals surface area contributed by atoms with Gasteiger partial charge < -0.3 is 25.0 Å². The molecule has 2 heterocycles. The number of nitrogens with zero attached hydrogens (tertiary/aromatic N) is 4. The van der Waals surface area contributed by atoms with Gasteiger partial charge in [0.1, 0.15) is 5.15 Å². The highest BCUT2D eigenvalue weighted by atomic mass is 127. The molecule has 0 amide bonds. The Hall–Kier alpha value is -0.220. The van der Waals surface area contributed by atoms with E-state index in [1.165, 1.54) is 26.2 Å². The molecule has 28 heavy (non-hydrogen) atoms. The summed E-state index contributed by atoms with van der Waals surface area (Å²) in [7, 11) is 1.90. The number of halogens is 3. The summed E-state index contributed by atoms with van der Waals surface area (Å²) in [6, 6.07) is 1.87. The first-order chi connectivity index (χ1) is 12.9.